The number of aliphatic hydroxyl groups is 1. The van der Waals surface area contributed by atoms with Gasteiger partial charge in [-0.1, -0.05) is 6.92 Å². The van der Waals surface area contributed by atoms with Crippen molar-refractivity contribution in [2.45, 2.75) is 52.2 Å². The van der Waals surface area contributed by atoms with Crippen LogP contribution in [0.1, 0.15) is 46.6 Å². The molecule has 0 aliphatic heterocycles. The van der Waals surface area contributed by atoms with Gasteiger partial charge in [0.25, 0.3) is 0 Å². The molecule has 19 heavy (non-hydrogen) atoms. The van der Waals surface area contributed by atoms with E-state index in [9.17, 15) is 5.11 Å². The molecule has 2 N–H and O–H groups in total. The van der Waals surface area contributed by atoms with Gasteiger partial charge in [0.05, 0.1) is 12.8 Å². The molecule has 0 aromatic carbocycles. The number of β-amino-alcohol motifs (C(OH)–C–C–N with tert-alkyl or cyclic N) is 1. The Kier molecular flexibility index (Phi) is 5.32. The third kappa shape index (κ3) is 5.57. The van der Waals surface area contributed by atoms with Crippen LogP contribution in [0.25, 0.3) is 0 Å². The van der Waals surface area contributed by atoms with Crippen LogP contribution in [-0.2, 0) is 5.60 Å². The summed E-state index contributed by atoms with van der Waals surface area (Å²) >= 11 is 0. The smallest absolute Gasteiger partial charge is 0.137 e. The van der Waals surface area contributed by atoms with E-state index in [1.54, 1.807) is 19.3 Å². The summed E-state index contributed by atoms with van der Waals surface area (Å²) in [5.74, 6) is 0.704. The van der Waals surface area contributed by atoms with Gasteiger partial charge in [0.15, 0.2) is 0 Å². The van der Waals surface area contributed by atoms with Crippen molar-refractivity contribution in [1.82, 2.24) is 10.3 Å². The Morgan fingerprint density at radius 2 is 1.95 bits per heavy atom. The van der Waals surface area contributed by atoms with Gasteiger partial charge in [0, 0.05) is 23.8 Å². The van der Waals surface area contributed by atoms with Crippen LogP contribution in [0.15, 0.2) is 18.5 Å². The van der Waals surface area contributed by atoms with Crippen LogP contribution in [0, 0.1) is 0 Å². The minimum atomic E-state index is -0.966. The Bertz CT molecular complexity index is 397. The lowest BCUT2D eigenvalue weighted by molar-refractivity contribution is 0.0495. The van der Waals surface area contributed by atoms with Gasteiger partial charge in [-0.15, -0.1) is 0 Å². The molecule has 0 radical (unpaired) electrons. The predicted molar refractivity (Wildman–Crippen MR) is 77.3 cm³/mol. The normalized spacial score (nSPS) is 15.1. The van der Waals surface area contributed by atoms with Crippen LogP contribution >= 0.6 is 0 Å². The maximum absolute atomic E-state index is 10.5. The first-order chi connectivity index (χ1) is 8.74. The highest BCUT2D eigenvalue weighted by Crippen LogP contribution is 2.23. The Labute approximate surface area is 116 Å². The van der Waals surface area contributed by atoms with Crippen molar-refractivity contribution in [3.63, 3.8) is 0 Å². The molecule has 0 aliphatic carbocycles. The molecule has 1 unspecified atom stereocenters. The molecule has 0 saturated heterocycles. The Morgan fingerprint density at radius 1 is 1.26 bits per heavy atom. The van der Waals surface area contributed by atoms with Crippen molar-refractivity contribution in [3.8, 4) is 5.75 Å². The zero-order chi connectivity index (χ0) is 14.5. The van der Waals surface area contributed by atoms with Crippen molar-refractivity contribution >= 4 is 0 Å². The number of ether oxygens (including phenoxy) is 1. The molecular formula is C15H26N2O2. The van der Waals surface area contributed by atoms with Crippen LogP contribution in [-0.4, -0.2) is 28.8 Å². The summed E-state index contributed by atoms with van der Waals surface area (Å²) in [7, 11) is 0. The summed E-state index contributed by atoms with van der Waals surface area (Å²) in [5.41, 5.74) is -0.238. The number of rotatable bonds is 6. The molecule has 108 valence electrons. The second-order valence-corrected chi connectivity index (χ2v) is 6.14. The first-order valence-corrected chi connectivity index (χ1v) is 6.80. The minimum absolute atomic E-state index is 0.0340. The average Bonchev–Trinajstić information content (AvgIpc) is 2.34. The molecule has 0 aliphatic rings. The maximum Gasteiger partial charge on any atom is 0.137 e. The van der Waals surface area contributed by atoms with Gasteiger partial charge in [-0.2, -0.15) is 0 Å². The standard InChI is InChI=1S/C15H26N2O2/c1-6-7-19-13-8-12(9-16-10-13)15(5,18)11-17-14(2,3)4/h8-10,17-18H,6-7,11H2,1-5H3. The molecule has 0 fully saturated rings. The monoisotopic (exact) mass is 266 g/mol. The first kappa shape index (κ1) is 15.9. The van der Waals surface area contributed by atoms with Gasteiger partial charge in [-0.3, -0.25) is 4.98 Å². The van der Waals surface area contributed by atoms with E-state index >= 15 is 0 Å². The Hall–Kier alpha value is -1.13. The van der Waals surface area contributed by atoms with E-state index in [1.807, 2.05) is 6.07 Å². The van der Waals surface area contributed by atoms with E-state index < -0.39 is 5.60 Å². The molecule has 1 atom stereocenters. The molecule has 0 saturated carbocycles. The second-order valence-electron chi connectivity index (χ2n) is 6.14. The second kappa shape index (κ2) is 6.35. The van der Waals surface area contributed by atoms with Crippen LogP contribution in [0.3, 0.4) is 0 Å². The molecule has 4 heteroatoms. The van der Waals surface area contributed by atoms with E-state index in [4.69, 9.17) is 4.74 Å². The van der Waals surface area contributed by atoms with Crippen molar-refractivity contribution < 1.29 is 9.84 Å². The third-order valence-corrected chi connectivity index (χ3v) is 2.77. The molecule has 0 bridgehead atoms. The Morgan fingerprint density at radius 3 is 2.53 bits per heavy atom. The molecule has 0 amide bonds. The zero-order valence-corrected chi connectivity index (χ0v) is 12.7. The number of nitrogens with zero attached hydrogens (tertiary/aromatic N) is 1. The SMILES string of the molecule is CCCOc1cncc(C(C)(O)CNC(C)(C)C)c1. The molecular weight excluding hydrogens is 240 g/mol. The highest BCUT2D eigenvalue weighted by Gasteiger charge is 2.26. The number of aromatic nitrogens is 1. The molecule has 1 rings (SSSR count). The van der Waals surface area contributed by atoms with Gasteiger partial charge in [0.1, 0.15) is 11.4 Å². The lowest BCUT2D eigenvalue weighted by Gasteiger charge is -2.29. The average molecular weight is 266 g/mol. The maximum atomic E-state index is 10.5. The summed E-state index contributed by atoms with van der Waals surface area (Å²) in [5, 5.41) is 13.8. The van der Waals surface area contributed by atoms with Crippen LogP contribution < -0.4 is 10.1 Å². The van der Waals surface area contributed by atoms with E-state index in [0.29, 0.717) is 18.9 Å². The van der Waals surface area contributed by atoms with Crippen molar-refractivity contribution in [2.24, 2.45) is 0 Å². The lowest BCUT2D eigenvalue weighted by atomic mass is 9.96. The van der Waals surface area contributed by atoms with Crippen molar-refractivity contribution in [1.29, 1.82) is 0 Å². The largest absolute Gasteiger partial charge is 0.492 e. The van der Waals surface area contributed by atoms with Crippen LogP contribution in [0.2, 0.25) is 0 Å². The molecule has 4 nitrogen and oxygen atoms in total. The highest BCUT2D eigenvalue weighted by molar-refractivity contribution is 5.28. The quantitative estimate of drug-likeness (QED) is 0.830. The summed E-state index contributed by atoms with van der Waals surface area (Å²) in [6.45, 7) is 11.2. The summed E-state index contributed by atoms with van der Waals surface area (Å²) in [6.07, 6.45) is 4.31. The van der Waals surface area contributed by atoms with Gasteiger partial charge in [-0.05, 0) is 40.2 Å². The fourth-order valence-corrected chi connectivity index (χ4v) is 1.55. The lowest BCUT2D eigenvalue weighted by Crippen LogP contribution is -2.44. The van der Waals surface area contributed by atoms with Crippen LogP contribution in [0.5, 0.6) is 5.75 Å². The fourth-order valence-electron chi connectivity index (χ4n) is 1.55. The fraction of sp³-hybridized carbons (Fsp3) is 0.667. The summed E-state index contributed by atoms with van der Waals surface area (Å²) < 4.78 is 5.54. The zero-order valence-electron chi connectivity index (χ0n) is 12.7. The number of hydrogen-bond acceptors (Lipinski definition) is 4. The minimum Gasteiger partial charge on any atom is -0.492 e. The molecule has 1 aromatic heterocycles. The van der Waals surface area contributed by atoms with E-state index in [2.05, 4.69) is 38.0 Å². The van der Waals surface area contributed by atoms with Gasteiger partial charge in [0.2, 0.25) is 0 Å². The number of pyridine rings is 1. The summed E-state index contributed by atoms with van der Waals surface area (Å²) in [6, 6.07) is 1.85. The van der Waals surface area contributed by atoms with Crippen molar-refractivity contribution in [3.05, 3.63) is 24.0 Å². The summed E-state index contributed by atoms with van der Waals surface area (Å²) in [4.78, 5) is 4.14. The third-order valence-electron chi connectivity index (χ3n) is 2.77. The molecule has 1 aromatic rings. The van der Waals surface area contributed by atoms with E-state index in [0.717, 1.165) is 12.0 Å². The molecule has 0 spiro atoms. The number of nitrogens with one attached hydrogen (secondary N) is 1. The van der Waals surface area contributed by atoms with E-state index in [-0.39, 0.29) is 5.54 Å². The van der Waals surface area contributed by atoms with Gasteiger partial charge >= 0.3 is 0 Å². The predicted octanol–water partition coefficient (Wildman–Crippen LogP) is 2.47. The van der Waals surface area contributed by atoms with Gasteiger partial charge in [-0.25, -0.2) is 0 Å². The van der Waals surface area contributed by atoms with E-state index in [1.165, 1.54) is 0 Å². The van der Waals surface area contributed by atoms with Gasteiger partial charge < -0.3 is 15.2 Å². The van der Waals surface area contributed by atoms with Crippen molar-refractivity contribution in [2.75, 3.05) is 13.2 Å². The molecule has 1 heterocycles. The Balaban J connectivity index is 2.76. The highest BCUT2D eigenvalue weighted by atomic mass is 16.5. The first-order valence-electron chi connectivity index (χ1n) is 6.80. The topological polar surface area (TPSA) is 54.4 Å². The van der Waals surface area contributed by atoms with Crippen LogP contribution in [0.4, 0.5) is 0 Å². The number of hydrogen-bond donors (Lipinski definition) is 2.